The summed E-state index contributed by atoms with van der Waals surface area (Å²) in [4.78, 5) is 24.2. The minimum atomic E-state index is -0.742. The Labute approximate surface area is 108 Å². The standard InChI is InChI=1S/C14H23NO3/c1-3-18-13(17)14(7-5-4-6-8-14)15-12(16)11-9-10(11)2/h10-11H,3-9H2,1-2H3,(H,15,16)/t10-,11+/m0/s1. The zero-order chi connectivity index (χ0) is 13.2. The van der Waals surface area contributed by atoms with Crippen molar-refractivity contribution in [2.75, 3.05) is 6.61 Å². The van der Waals surface area contributed by atoms with Gasteiger partial charge in [-0.25, -0.2) is 4.79 Å². The molecule has 0 saturated heterocycles. The maximum Gasteiger partial charge on any atom is 0.331 e. The van der Waals surface area contributed by atoms with Crippen LogP contribution < -0.4 is 5.32 Å². The Morgan fingerprint density at radius 3 is 2.39 bits per heavy atom. The summed E-state index contributed by atoms with van der Waals surface area (Å²) in [6, 6.07) is 0. The van der Waals surface area contributed by atoms with Crippen LogP contribution in [0.15, 0.2) is 0 Å². The Morgan fingerprint density at radius 2 is 1.89 bits per heavy atom. The fraction of sp³-hybridized carbons (Fsp3) is 0.857. The molecule has 2 saturated carbocycles. The molecule has 2 aliphatic carbocycles. The molecule has 2 aliphatic rings. The molecule has 1 amide bonds. The lowest BCUT2D eigenvalue weighted by molar-refractivity contribution is -0.155. The van der Waals surface area contributed by atoms with Gasteiger partial charge in [-0.05, 0) is 32.1 Å². The third kappa shape index (κ3) is 2.68. The number of ether oxygens (including phenoxy) is 1. The highest BCUT2D eigenvalue weighted by Crippen LogP contribution is 2.39. The summed E-state index contributed by atoms with van der Waals surface area (Å²) in [6.45, 7) is 4.25. The lowest BCUT2D eigenvalue weighted by Gasteiger charge is -2.35. The van der Waals surface area contributed by atoms with E-state index in [-0.39, 0.29) is 17.8 Å². The Morgan fingerprint density at radius 1 is 1.28 bits per heavy atom. The van der Waals surface area contributed by atoms with Gasteiger partial charge in [0.1, 0.15) is 5.54 Å². The normalized spacial score (nSPS) is 29.4. The van der Waals surface area contributed by atoms with Gasteiger partial charge >= 0.3 is 5.97 Å². The molecule has 0 spiro atoms. The summed E-state index contributed by atoms with van der Waals surface area (Å²) in [5.41, 5.74) is -0.742. The zero-order valence-electron chi connectivity index (χ0n) is 11.3. The SMILES string of the molecule is CCOC(=O)C1(NC(=O)[C@@H]2C[C@@H]2C)CCCCC1. The largest absolute Gasteiger partial charge is 0.464 e. The first-order valence-electron chi connectivity index (χ1n) is 7.08. The molecule has 0 aliphatic heterocycles. The molecule has 4 nitrogen and oxygen atoms in total. The number of amides is 1. The van der Waals surface area contributed by atoms with E-state index in [9.17, 15) is 9.59 Å². The van der Waals surface area contributed by atoms with Crippen LogP contribution in [-0.4, -0.2) is 24.0 Å². The maximum absolute atomic E-state index is 12.1. The van der Waals surface area contributed by atoms with E-state index >= 15 is 0 Å². The lowest BCUT2D eigenvalue weighted by Crippen LogP contribution is -2.56. The molecule has 0 aromatic heterocycles. The minimum absolute atomic E-state index is 0.0393. The second-order valence-electron chi connectivity index (χ2n) is 5.67. The first kappa shape index (κ1) is 13.4. The van der Waals surface area contributed by atoms with Crippen molar-refractivity contribution < 1.29 is 14.3 Å². The Hall–Kier alpha value is -1.06. The van der Waals surface area contributed by atoms with E-state index in [0.29, 0.717) is 12.5 Å². The van der Waals surface area contributed by atoms with Crippen LogP contribution in [0.5, 0.6) is 0 Å². The molecule has 0 bridgehead atoms. The third-order valence-corrected chi connectivity index (χ3v) is 4.18. The highest BCUT2D eigenvalue weighted by Gasteiger charge is 2.47. The first-order chi connectivity index (χ1) is 8.59. The van der Waals surface area contributed by atoms with E-state index in [1.54, 1.807) is 6.92 Å². The van der Waals surface area contributed by atoms with Gasteiger partial charge in [-0.3, -0.25) is 4.79 Å². The molecule has 102 valence electrons. The van der Waals surface area contributed by atoms with Crippen LogP contribution in [0.25, 0.3) is 0 Å². The predicted octanol–water partition coefficient (Wildman–Crippen LogP) is 2.02. The van der Waals surface area contributed by atoms with Crippen LogP contribution in [0, 0.1) is 11.8 Å². The third-order valence-electron chi connectivity index (χ3n) is 4.18. The molecule has 2 rings (SSSR count). The Kier molecular flexibility index (Phi) is 3.93. The van der Waals surface area contributed by atoms with E-state index in [0.717, 1.165) is 38.5 Å². The lowest BCUT2D eigenvalue weighted by atomic mass is 9.81. The fourth-order valence-corrected chi connectivity index (χ4v) is 2.82. The van der Waals surface area contributed by atoms with E-state index in [2.05, 4.69) is 12.2 Å². The van der Waals surface area contributed by atoms with Crippen molar-refractivity contribution in [2.45, 2.75) is 57.9 Å². The van der Waals surface area contributed by atoms with Crippen molar-refractivity contribution in [3.63, 3.8) is 0 Å². The molecule has 18 heavy (non-hydrogen) atoms. The summed E-state index contributed by atoms with van der Waals surface area (Å²) in [6.07, 6.45) is 5.50. The quantitative estimate of drug-likeness (QED) is 0.780. The van der Waals surface area contributed by atoms with Gasteiger partial charge in [-0.2, -0.15) is 0 Å². The number of carbonyl (C=O) groups excluding carboxylic acids is 2. The molecule has 1 N–H and O–H groups in total. The number of hydrogen-bond acceptors (Lipinski definition) is 3. The van der Waals surface area contributed by atoms with Crippen LogP contribution in [0.1, 0.15) is 52.4 Å². The Bertz CT molecular complexity index is 334. The van der Waals surface area contributed by atoms with Crippen molar-refractivity contribution in [1.29, 1.82) is 0 Å². The van der Waals surface area contributed by atoms with Crippen LogP contribution in [-0.2, 0) is 14.3 Å². The molecule has 4 heteroatoms. The summed E-state index contributed by atoms with van der Waals surface area (Å²) >= 11 is 0. The summed E-state index contributed by atoms with van der Waals surface area (Å²) in [5.74, 6) is 0.370. The second kappa shape index (κ2) is 5.29. The van der Waals surface area contributed by atoms with Gasteiger partial charge in [0, 0.05) is 5.92 Å². The van der Waals surface area contributed by atoms with E-state index in [4.69, 9.17) is 4.74 Å². The van der Waals surface area contributed by atoms with Gasteiger partial charge in [-0.15, -0.1) is 0 Å². The highest BCUT2D eigenvalue weighted by molar-refractivity contribution is 5.90. The zero-order valence-corrected chi connectivity index (χ0v) is 11.3. The second-order valence-corrected chi connectivity index (χ2v) is 5.67. The monoisotopic (exact) mass is 253 g/mol. The molecular formula is C14H23NO3. The van der Waals surface area contributed by atoms with Crippen LogP contribution in [0.3, 0.4) is 0 Å². The molecule has 0 unspecified atom stereocenters. The molecule has 0 aromatic rings. The van der Waals surface area contributed by atoms with Crippen molar-refractivity contribution in [3.05, 3.63) is 0 Å². The van der Waals surface area contributed by atoms with Crippen LogP contribution in [0.4, 0.5) is 0 Å². The highest BCUT2D eigenvalue weighted by atomic mass is 16.5. The van der Waals surface area contributed by atoms with Crippen LogP contribution in [0.2, 0.25) is 0 Å². The van der Waals surface area contributed by atoms with Crippen molar-refractivity contribution in [2.24, 2.45) is 11.8 Å². The number of carbonyl (C=O) groups is 2. The van der Waals surface area contributed by atoms with E-state index in [1.807, 2.05) is 0 Å². The molecular weight excluding hydrogens is 230 g/mol. The summed E-state index contributed by atoms with van der Waals surface area (Å²) in [7, 11) is 0. The van der Waals surface area contributed by atoms with Gasteiger partial charge in [0.2, 0.25) is 5.91 Å². The van der Waals surface area contributed by atoms with Gasteiger partial charge < -0.3 is 10.1 Å². The van der Waals surface area contributed by atoms with Gasteiger partial charge in [0.05, 0.1) is 6.61 Å². The van der Waals surface area contributed by atoms with Gasteiger partial charge in [-0.1, -0.05) is 26.2 Å². The Balaban J connectivity index is 2.04. The molecule has 0 heterocycles. The predicted molar refractivity (Wildman–Crippen MR) is 67.9 cm³/mol. The average Bonchev–Trinajstić information content (AvgIpc) is 3.08. The topological polar surface area (TPSA) is 55.4 Å². The van der Waals surface area contributed by atoms with Gasteiger partial charge in [0.15, 0.2) is 0 Å². The number of esters is 1. The van der Waals surface area contributed by atoms with Crippen molar-refractivity contribution >= 4 is 11.9 Å². The fourth-order valence-electron chi connectivity index (χ4n) is 2.82. The van der Waals surface area contributed by atoms with Crippen LogP contribution >= 0.6 is 0 Å². The average molecular weight is 253 g/mol. The van der Waals surface area contributed by atoms with Gasteiger partial charge in [0.25, 0.3) is 0 Å². The van der Waals surface area contributed by atoms with E-state index < -0.39 is 5.54 Å². The van der Waals surface area contributed by atoms with E-state index in [1.165, 1.54) is 0 Å². The number of rotatable bonds is 4. The van der Waals surface area contributed by atoms with Crippen molar-refractivity contribution in [1.82, 2.24) is 5.32 Å². The first-order valence-corrected chi connectivity index (χ1v) is 7.08. The summed E-state index contributed by atoms with van der Waals surface area (Å²) < 4.78 is 5.16. The molecule has 0 aromatic carbocycles. The minimum Gasteiger partial charge on any atom is -0.464 e. The molecule has 2 atom stereocenters. The number of hydrogen-bond donors (Lipinski definition) is 1. The number of nitrogens with one attached hydrogen (secondary N) is 1. The van der Waals surface area contributed by atoms with Crippen molar-refractivity contribution in [3.8, 4) is 0 Å². The maximum atomic E-state index is 12.1. The summed E-state index contributed by atoms with van der Waals surface area (Å²) in [5, 5.41) is 3.00. The smallest absolute Gasteiger partial charge is 0.331 e. The molecule has 0 radical (unpaired) electrons. The molecule has 2 fully saturated rings.